The van der Waals surface area contributed by atoms with Crippen molar-refractivity contribution in [2.24, 2.45) is 0 Å². The van der Waals surface area contributed by atoms with Crippen LogP contribution in [0, 0.1) is 0 Å². The molecule has 0 aromatic carbocycles. The highest BCUT2D eigenvalue weighted by molar-refractivity contribution is 5.25. The van der Waals surface area contributed by atoms with Crippen molar-refractivity contribution in [2.75, 3.05) is 0 Å². The zero-order valence-corrected chi connectivity index (χ0v) is 10.6. The molecular weight excluding hydrogens is 252 g/mol. The molecule has 8 nitrogen and oxygen atoms in total. The number of aromatic amines is 1. The summed E-state index contributed by atoms with van der Waals surface area (Å²) in [6, 6.07) is 0. The number of aromatic hydroxyl groups is 1. The molecule has 0 spiro atoms. The zero-order valence-electron chi connectivity index (χ0n) is 10.6. The lowest BCUT2D eigenvalue weighted by molar-refractivity contribution is 0.354. The van der Waals surface area contributed by atoms with Crippen LogP contribution < -0.4 is 11.2 Å². The van der Waals surface area contributed by atoms with Crippen molar-refractivity contribution in [1.29, 1.82) is 0 Å². The van der Waals surface area contributed by atoms with Crippen LogP contribution in [-0.2, 0) is 13.0 Å². The summed E-state index contributed by atoms with van der Waals surface area (Å²) in [4.78, 5) is 29.3. The second kappa shape index (κ2) is 5.09. The van der Waals surface area contributed by atoms with Gasteiger partial charge in [-0.05, 0) is 5.92 Å². The molecule has 102 valence electrons. The molecule has 8 heteroatoms. The Hall–Kier alpha value is -2.38. The molecule has 2 rings (SSSR count). The largest absolute Gasteiger partial charge is 0.494 e. The van der Waals surface area contributed by atoms with E-state index < -0.39 is 11.2 Å². The average Bonchev–Trinajstić information content (AvgIpc) is 2.80. The van der Waals surface area contributed by atoms with Crippen LogP contribution in [0.25, 0.3) is 0 Å². The predicted molar refractivity (Wildman–Crippen MR) is 65.1 cm³/mol. The number of nitrogens with zero attached hydrogens (tertiary/aromatic N) is 3. The summed E-state index contributed by atoms with van der Waals surface area (Å²) < 4.78 is 5.89. The summed E-state index contributed by atoms with van der Waals surface area (Å²) in [6.07, 6.45) is 1.54. The maximum Gasteiger partial charge on any atom is 0.331 e. The van der Waals surface area contributed by atoms with Crippen LogP contribution in [0.3, 0.4) is 0 Å². The second-order valence-electron chi connectivity index (χ2n) is 4.39. The molecule has 19 heavy (non-hydrogen) atoms. The van der Waals surface area contributed by atoms with Gasteiger partial charge in [0.05, 0.1) is 5.56 Å². The molecule has 0 unspecified atom stereocenters. The molecule has 0 atom stereocenters. The van der Waals surface area contributed by atoms with Crippen LogP contribution in [-0.4, -0.2) is 24.8 Å². The van der Waals surface area contributed by atoms with Gasteiger partial charge in [-0.25, -0.2) is 4.79 Å². The van der Waals surface area contributed by atoms with Crippen molar-refractivity contribution in [3.8, 4) is 5.88 Å². The Labute approximate surface area is 107 Å². The van der Waals surface area contributed by atoms with Crippen molar-refractivity contribution in [3.63, 3.8) is 0 Å². The fourth-order valence-electron chi connectivity index (χ4n) is 1.82. The lowest BCUT2D eigenvalue weighted by Gasteiger charge is -2.12. The van der Waals surface area contributed by atoms with Gasteiger partial charge in [-0.1, -0.05) is 19.0 Å². The van der Waals surface area contributed by atoms with Crippen molar-refractivity contribution in [3.05, 3.63) is 38.6 Å². The summed E-state index contributed by atoms with van der Waals surface area (Å²) >= 11 is 0. The standard InChI is InChI=1S/C11H14N4O4/c1-6(2)8-9(16)14-11(18)15(10(8)17)4-3-7-12-5-13-19-7/h5-6,17H,3-4H2,1-2H3,(H,14,16,18). The van der Waals surface area contributed by atoms with Crippen LogP contribution in [0.4, 0.5) is 0 Å². The van der Waals surface area contributed by atoms with Gasteiger partial charge in [0.25, 0.3) is 5.56 Å². The van der Waals surface area contributed by atoms with E-state index in [0.717, 1.165) is 4.57 Å². The third kappa shape index (κ3) is 2.56. The number of hydrogen-bond donors (Lipinski definition) is 2. The van der Waals surface area contributed by atoms with Gasteiger partial charge in [0.15, 0.2) is 6.33 Å². The topological polar surface area (TPSA) is 114 Å². The van der Waals surface area contributed by atoms with E-state index >= 15 is 0 Å². The average molecular weight is 266 g/mol. The molecule has 0 amide bonds. The summed E-state index contributed by atoms with van der Waals surface area (Å²) in [6.45, 7) is 3.66. The monoisotopic (exact) mass is 266 g/mol. The third-order valence-corrected chi connectivity index (χ3v) is 2.74. The van der Waals surface area contributed by atoms with Crippen LogP contribution in [0.2, 0.25) is 0 Å². The SMILES string of the molecule is CC(C)c1c(O)n(CCc2ncno2)c(=O)[nH]c1=O. The summed E-state index contributed by atoms with van der Waals surface area (Å²) in [5.41, 5.74) is -1.04. The van der Waals surface area contributed by atoms with Crippen molar-refractivity contribution < 1.29 is 9.63 Å². The molecule has 0 saturated carbocycles. The Balaban J connectivity index is 2.37. The van der Waals surface area contributed by atoms with E-state index in [1.165, 1.54) is 6.33 Å². The highest BCUT2D eigenvalue weighted by atomic mass is 16.5. The number of H-pyrrole nitrogens is 1. The molecule has 2 aromatic heterocycles. The van der Waals surface area contributed by atoms with E-state index in [4.69, 9.17) is 4.52 Å². The van der Waals surface area contributed by atoms with Gasteiger partial charge in [0.1, 0.15) is 0 Å². The van der Waals surface area contributed by atoms with E-state index in [2.05, 4.69) is 15.1 Å². The summed E-state index contributed by atoms with van der Waals surface area (Å²) in [5, 5.41) is 13.5. The number of aromatic nitrogens is 4. The fraction of sp³-hybridized carbons (Fsp3) is 0.455. The van der Waals surface area contributed by atoms with E-state index in [9.17, 15) is 14.7 Å². The maximum atomic E-state index is 11.7. The minimum absolute atomic E-state index is 0.142. The number of nitrogens with one attached hydrogen (secondary N) is 1. The van der Waals surface area contributed by atoms with Gasteiger partial charge in [-0.2, -0.15) is 4.98 Å². The highest BCUT2D eigenvalue weighted by Crippen LogP contribution is 2.19. The Morgan fingerprint density at radius 2 is 2.21 bits per heavy atom. The first kappa shape index (κ1) is 13.1. The minimum Gasteiger partial charge on any atom is -0.494 e. The quantitative estimate of drug-likeness (QED) is 0.804. The Kier molecular flexibility index (Phi) is 3.50. The Morgan fingerprint density at radius 1 is 1.47 bits per heavy atom. The molecule has 2 N–H and O–H groups in total. The number of rotatable bonds is 4. The molecule has 0 aliphatic rings. The molecule has 0 saturated heterocycles. The second-order valence-corrected chi connectivity index (χ2v) is 4.39. The first-order valence-electron chi connectivity index (χ1n) is 5.82. The highest BCUT2D eigenvalue weighted by Gasteiger charge is 2.17. The van der Waals surface area contributed by atoms with Gasteiger partial charge in [0, 0.05) is 13.0 Å². The van der Waals surface area contributed by atoms with Crippen molar-refractivity contribution in [2.45, 2.75) is 32.7 Å². The van der Waals surface area contributed by atoms with E-state index in [-0.39, 0.29) is 30.3 Å². The molecule has 0 radical (unpaired) electrons. The van der Waals surface area contributed by atoms with Crippen LogP contribution in [0.1, 0.15) is 31.2 Å². The first-order valence-corrected chi connectivity index (χ1v) is 5.82. The minimum atomic E-state index is -0.661. The van der Waals surface area contributed by atoms with Gasteiger partial charge < -0.3 is 9.63 Å². The smallest absolute Gasteiger partial charge is 0.331 e. The molecular formula is C11H14N4O4. The Morgan fingerprint density at radius 3 is 2.79 bits per heavy atom. The van der Waals surface area contributed by atoms with E-state index in [1.54, 1.807) is 13.8 Å². The summed E-state index contributed by atoms with van der Waals surface area (Å²) in [5.74, 6) is -0.161. The van der Waals surface area contributed by atoms with Gasteiger partial charge in [0.2, 0.25) is 11.8 Å². The van der Waals surface area contributed by atoms with Gasteiger partial charge in [-0.3, -0.25) is 14.3 Å². The summed E-state index contributed by atoms with van der Waals surface area (Å²) in [7, 11) is 0. The molecule has 0 bridgehead atoms. The normalized spacial score (nSPS) is 11.1. The molecule has 0 fully saturated rings. The lowest BCUT2D eigenvalue weighted by atomic mass is 10.1. The number of aryl methyl sites for hydroxylation is 1. The van der Waals surface area contributed by atoms with Gasteiger partial charge >= 0.3 is 5.69 Å². The lowest BCUT2D eigenvalue weighted by Crippen LogP contribution is -2.33. The van der Waals surface area contributed by atoms with Crippen LogP contribution in [0.5, 0.6) is 5.88 Å². The maximum absolute atomic E-state index is 11.7. The molecule has 0 aliphatic carbocycles. The van der Waals surface area contributed by atoms with Crippen molar-refractivity contribution >= 4 is 0 Å². The predicted octanol–water partition coefficient (Wildman–Crippen LogP) is -0.00870. The third-order valence-electron chi connectivity index (χ3n) is 2.74. The molecule has 2 aromatic rings. The molecule has 0 aliphatic heterocycles. The fourth-order valence-corrected chi connectivity index (χ4v) is 1.82. The molecule has 2 heterocycles. The zero-order chi connectivity index (χ0) is 14.0. The van der Waals surface area contributed by atoms with Crippen LogP contribution in [0.15, 0.2) is 20.4 Å². The van der Waals surface area contributed by atoms with Crippen molar-refractivity contribution in [1.82, 2.24) is 19.7 Å². The number of hydrogen-bond acceptors (Lipinski definition) is 6. The Bertz CT molecular complexity index is 669. The van der Waals surface area contributed by atoms with Crippen LogP contribution >= 0.6 is 0 Å². The van der Waals surface area contributed by atoms with E-state index in [0.29, 0.717) is 5.89 Å². The van der Waals surface area contributed by atoms with Gasteiger partial charge in [-0.15, -0.1) is 0 Å². The first-order chi connectivity index (χ1) is 9.00. The van der Waals surface area contributed by atoms with E-state index in [1.807, 2.05) is 0 Å².